The average molecular weight is 543 g/mol. The molecule has 0 radical (unpaired) electrons. The van der Waals surface area contributed by atoms with Crippen LogP contribution in [-0.4, -0.2) is 17.1 Å². The summed E-state index contributed by atoms with van der Waals surface area (Å²) in [6.07, 6.45) is 0.273. The van der Waals surface area contributed by atoms with Gasteiger partial charge in [-0.15, -0.1) is 0 Å². The van der Waals surface area contributed by atoms with Crippen LogP contribution in [0.25, 0.3) is 0 Å². The van der Waals surface area contributed by atoms with Crippen molar-refractivity contribution < 1.29 is 9.59 Å². The molecular weight excluding hydrogens is 525 g/mol. The maximum Gasteiger partial charge on any atom is 0.269 e. The van der Waals surface area contributed by atoms with Gasteiger partial charge in [0.25, 0.3) is 5.91 Å². The second-order valence-electron chi connectivity index (χ2n) is 7.81. The van der Waals surface area contributed by atoms with E-state index < -0.39 is 11.2 Å². The van der Waals surface area contributed by atoms with Crippen LogP contribution in [0.5, 0.6) is 0 Å². The standard InChI is InChI=1S/C26H18Cl3N3O2S/c1-15-2-7-19(8-3-15)31-24(33)21(14-30)26-32(20-9-4-17(27)5-10-20)25(34)23(35-26)13-16-12-18(28)6-11-22(16)29/h2-12,23H,13H2,1H3,(H,31,33)/b26-21-/t23-/m1/s1. The Bertz CT molecular complexity index is 1370. The van der Waals surface area contributed by atoms with Crippen LogP contribution >= 0.6 is 46.6 Å². The monoisotopic (exact) mass is 541 g/mol. The fourth-order valence-corrected chi connectivity index (χ4v) is 5.35. The van der Waals surface area contributed by atoms with E-state index in [4.69, 9.17) is 34.8 Å². The van der Waals surface area contributed by atoms with Gasteiger partial charge in [0, 0.05) is 26.4 Å². The Hall–Kier alpha value is -2.95. The Balaban J connectivity index is 1.73. The number of nitrogens with zero attached hydrogens (tertiary/aromatic N) is 2. The third kappa shape index (κ3) is 5.66. The van der Waals surface area contributed by atoms with Crippen molar-refractivity contribution in [3.63, 3.8) is 0 Å². The highest BCUT2D eigenvalue weighted by Crippen LogP contribution is 2.43. The van der Waals surface area contributed by atoms with Crippen LogP contribution in [0.4, 0.5) is 11.4 Å². The van der Waals surface area contributed by atoms with Crippen LogP contribution < -0.4 is 10.2 Å². The maximum atomic E-state index is 13.6. The summed E-state index contributed by atoms with van der Waals surface area (Å²) in [7, 11) is 0. The molecule has 4 rings (SSSR count). The molecule has 1 fully saturated rings. The molecule has 3 aromatic carbocycles. The van der Waals surface area contributed by atoms with E-state index in [1.807, 2.05) is 25.1 Å². The number of anilines is 2. The van der Waals surface area contributed by atoms with Gasteiger partial charge < -0.3 is 5.32 Å². The van der Waals surface area contributed by atoms with Gasteiger partial charge in [0.1, 0.15) is 16.7 Å². The SMILES string of the molecule is Cc1ccc(NC(=O)/C(C#N)=C2\S[C@H](Cc3cc(Cl)ccc3Cl)C(=O)N2c2ccc(Cl)cc2)cc1. The first-order valence-corrected chi connectivity index (χ1v) is 12.5. The summed E-state index contributed by atoms with van der Waals surface area (Å²) in [5.74, 6) is -0.883. The molecule has 0 unspecified atom stereocenters. The molecule has 1 N–H and O–H groups in total. The van der Waals surface area contributed by atoms with Crippen LogP contribution in [0.3, 0.4) is 0 Å². The van der Waals surface area contributed by atoms with E-state index in [1.165, 1.54) is 4.90 Å². The summed E-state index contributed by atoms with van der Waals surface area (Å²) in [5.41, 5.74) is 2.61. The summed E-state index contributed by atoms with van der Waals surface area (Å²) in [4.78, 5) is 28.1. The minimum atomic E-state index is -0.618. The molecule has 0 aliphatic carbocycles. The number of rotatable bonds is 5. The van der Waals surface area contributed by atoms with Gasteiger partial charge in [0.05, 0.1) is 5.25 Å². The van der Waals surface area contributed by atoms with E-state index in [2.05, 4.69) is 5.32 Å². The van der Waals surface area contributed by atoms with Gasteiger partial charge in [0.2, 0.25) is 5.91 Å². The maximum absolute atomic E-state index is 13.6. The molecule has 1 aliphatic heterocycles. The van der Waals surface area contributed by atoms with Crippen molar-refractivity contribution in [2.45, 2.75) is 18.6 Å². The van der Waals surface area contributed by atoms with E-state index >= 15 is 0 Å². The number of nitriles is 1. The van der Waals surface area contributed by atoms with E-state index in [-0.39, 0.29) is 22.9 Å². The predicted molar refractivity (Wildman–Crippen MR) is 143 cm³/mol. The number of hydrogen-bond donors (Lipinski definition) is 1. The Labute approximate surface area is 222 Å². The molecule has 176 valence electrons. The van der Waals surface area contributed by atoms with Crippen LogP contribution in [0.15, 0.2) is 77.3 Å². The second kappa shape index (κ2) is 10.8. The number of benzene rings is 3. The van der Waals surface area contributed by atoms with Crippen LogP contribution in [0, 0.1) is 18.3 Å². The molecule has 35 heavy (non-hydrogen) atoms. The number of hydrogen-bond acceptors (Lipinski definition) is 4. The van der Waals surface area contributed by atoms with Crippen LogP contribution in [0.2, 0.25) is 15.1 Å². The van der Waals surface area contributed by atoms with E-state index in [1.54, 1.807) is 54.6 Å². The lowest BCUT2D eigenvalue weighted by atomic mass is 10.1. The highest BCUT2D eigenvalue weighted by Gasteiger charge is 2.41. The van der Waals surface area contributed by atoms with Crippen LogP contribution in [-0.2, 0) is 16.0 Å². The van der Waals surface area contributed by atoms with E-state index in [0.717, 1.165) is 17.3 Å². The van der Waals surface area contributed by atoms with Crippen LogP contribution in [0.1, 0.15) is 11.1 Å². The highest BCUT2D eigenvalue weighted by molar-refractivity contribution is 8.05. The molecule has 1 heterocycles. The van der Waals surface area contributed by atoms with Gasteiger partial charge in [-0.2, -0.15) is 5.26 Å². The molecule has 0 spiro atoms. The molecule has 1 atom stereocenters. The molecular formula is C26H18Cl3N3O2S. The number of aryl methyl sites for hydroxylation is 1. The molecule has 3 aromatic rings. The van der Waals surface area contributed by atoms with Gasteiger partial charge in [-0.25, -0.2) is 0 Å². The van der Waals surface area contributed by atoms with Crippen molar-refractivity contribution >= 4 is 69.8 Å². The lowest BCUT2D eigenvalue weighted by molar-refractivity contribution is -0.117. The molecule has 9 heteroatoms. The van der Waals surface area contributed by atoms with E-state index in [0.29, 0.717) is 32.0 Å². The molecule has 1 aliphatic rings. The van der Waals surface area contributed by atoms with E-state index in [9.17, 15) is 14.9 Å². The zero-order valence-electron chi connectivity index (χ0n) is 18.4. The summed E-state index contributed by atoms with van der Waals surface area (Å²) in [5, 5.41) is 13.8. The normalized spacial score (nSPS) is 16.7. The quantitative estimate of drug-likeness (QED) is 0.278. The fourth-order valence-electron chi connectivity index (χ4n) is 3.54. The van der Waals surface area contributed by atoms with Crippen molar-refractivity contribution in [3.8, 4) is 6.07 Å². The van der Waals surface area contributed by atoms with Gasteiger partial charge in [0.15, 0.2) is 0 Å². The van der Waals surface area contributed by atoms with Crippen molar-refractivity contribution in [2.24, 2.45) is 0 Å². The summed E-state index contributed by atoms with van der Waals surface area (Å²) in [6.45, 7) is 1.94. The number of halogens is 3. The number of carbonyl (C=O) groups is 2. The molecule has 0 bridgehead atoms. The Kier molecular flexibility index (Phi) is 7.73. The van der Waals surface area contributed by atoms with Gasteiger partial charge in [-0.05, 0) is 73.5 Å². The molecule has 0 saturated carbocycles. The Morgan fingerprint density at radius 1 is 1.03 bits per heavy atom. The predicted octanol–water partition coefficient (Wildman–Crippen LogP) is 7.02. The van der Waals surface area contributed by atoms with Gasteiger partial charge >= 0.3 is 0 Å². The van der Waals surface area contributed by atoms with Gasteiger partial charge in [-0.3, -0.25) is 14.5 Å². The second-order valence-corrected chi connectivity index (χ2v) is 10.3. The Morgan fingerprint density at radius 2 is 1.69 bits per heavy atom. The first-order chi connectivity index (χ1) is 16.8. The largest absolute Gasteiger partial charge is 0.321 e. The Morgan fingerprint density at radius 3 is 2.34 bits per heavy atom. The molecule has 2 amide bonds. The number of carbonyl (C=O) groups excluding carboxylic acids is 2. The minimum Gasteiger partial charge on any atom is -0.321 e. The lowest BCUT2D eigenvalue weighted by Crippen LogP contribution is -2.31. The summed E-state index contributed by atoms with van der Waals surface area (Å²) in [6, 6.07) is 20.9. The topological polar surface area (TPSA) is 73.2 Å². The first-order valence-electron chi connectivity index (χ1n) is 10.5. The zero-order chi connectivity index (χ0) is 25.1. The van der Waals surface area contributed by atoms with Crippen molar-refractivity contribution in [2.75, 3.05) is 10.2 Å². The van der Waals surface area contributed by atoms with Gasteiger partial charge in [-0.1, -0.05) is 64.3 Å². The molecule has 1 saturated heterocycles. The number of amides is 2. The average Bonchev–Trinajstić information content (AvgIpc) is 3.14. The third-order valence-corrected chi connectivity index (χ3v) is 7.43. The van der Waals surface area contributed by atoms with Crippen molar-refractivity contribution in [1.82, 2.24) is 0 Å². The fraction of sp³-hybridized carbons (Fsp3) is 0.115. The summed E-state index contributed by atoms with van der Waals surface area (Å²) >= 11 is 19.6. The smallest absolute Gasteiger partial charge is 0.269 e. The van der Waals surface area contributed by atoms with Crippen molar-refractivity contribution in [1.29, 1.82) is 5.26 Å². The molecule has 5 nitrogen and oxygen atoms in total. The zero-order valence-corrected chi connectivity index (χ0v) is 21.5. The lowest BCUT2D eigenvalue weighted by Gasteiger charge is -2.19. The molecule has 0 aromatic heterocycles. The highest BCUT2D eigenvalue weighted by atomic mass is 35.5. The first kappa shape index (κ1) is 25.2. The number of nitrogens with one attached hydrogen (secondary N) is 1. The van der Waals surface area contributed by atoms with Crippen molar-refractivity contribution in [3.05, 3.63) is 104 Å². The third-order valence-electron chi connectivity index (χ3n) is 5.31. The minimum absolute atomic E-state index is 0.168. The summed E-state index contributed by atoms with van der Waals surface area (Å²) < 4.78 is 0. The number of thioether (sulfide) groups is 1.